The molecule has 0 radical (unpaired) electrons. The van der Waals surface area contributed by atoms with Gasteiger partial charge in [0.05, 0.1) is 11.4 Å². The molecule has 0 aliphatic rings. The molecule has 0 fully saturated rings. The topological polar surface area (TPSA) is 92.7 Å². The predicted octanol–water partition coefficient (Wildman–Crippen LogP) is 11.6. The van der Waals surface area contributed by atoms with Gasteiger partial charge in [0.2, 0.25) is 0 Å². The molecule has 8 heteroatoms. The van der Waals surface area contributed by atoms with Crippen LogP contribution in [0.15, 0.2) is 155 Å². The average Bonchev–Trinajstić information content (AvgIpc) is 3.01. The van der Waals surface area contributed by atoms with Crippen LogP contribution in [0, 0.1) is 28.2 Å². The normalized spacial score (nSPS) is 10.3. The Kier molecular flexibility index (Phi) is 33.2. The van der Waals surface area contributed by atoms with E-state index in [2.05, 4.69) is 33.9 Å². The smallest absolute Gasteiger partial charge is 0.358 e. The van der Waals surface area contributed by atoms with Gasteiger partial charge >= 0.3 is 64.7 Å². The molecule has 0 spiro atoms. The number of nitrogens with zero attached hydrogens (tertiary/aromatic N) is 4. The van der Waals surface area contributed by atoms with Gasteiger partial charge < -0.3 is 25.5 Å². The molecular formula is C38H40N4O2Pt2. The molecule has 0 unspecified atom stereocenters. The number of benzene rings is 4. The molecule has 0 heterocycles. The van der Waals surface area contributed by atoms with Crippen LogP contribution >= 0.6 is 0 Å². The molecule has 4 aromatic rings. The summed E-state index contributed by atoms with van der Waals surface area (Å²) in [7, 11) is 0. The van der Waals surface area contributed by atoms with E-state index in [-0.39, 0.29) is 57.0 Å². The molecule has 0 aliphatic carbocycles. The van der Waals surface area contributed by atoms with Gasteiger partial charge in [0.25, 0.3) is 0 Å². The SMILES string of the molecule is CC(/C=C(/C)[N-]c1ccccc1)=Nc1ccccc1.CC(/C=C(/C)[N-]c1ccccc1)=Nc1ccccc1.[C-]#[O+].[C-]#[O+].[CH3-].[CH3-].[Pt+2].[Pt+2]. The molecule has 0 bridgehead atoms. The van der Waals surface area contributed by atoms with Crippen molar-refractivity contribution in [2.24, 2.45) is 9.98 Å². The number of allylic oxidation sites excluding steroid dienone is 4. The number of aliphatic imine (C=N–C) groups is 2. The fourth-order valence-electron chi connectivity index (χ4n) is 3.56. The first-order valence-corrected chi connectivity index (χ1v) is 13.0. The van der Waals surface area contributed by atoms with Crippen LogP contribution in [0.25, 0.3) is 10.6 Å². The summed E-state index contributed by atoms with van der Waals surface area (Å²) < 4.78 is 15.0. The van der Waals surface area contributed by atoms with Crippen LogP contribution in [0.3, 0.4) is 0 Å². The van der Waals surface area contributed by atoms with Crippen molar-refractivity contribution in [3.05, 3.63) is 184 Å². The molecule has 6 nitrogen and oxygen atoms in total. The van der Waals surface area contributed by atoms with Crippen LogP contribution in [0.5, 0.6) is 0 Å². The van der Waals surface area contributed by atoms with Gasteiger partial charge in [-0.05, 0) is 38.1 Å². The van der Waals surface area contributed by atoms with Crippen molar-refractivity contribution >= 4 is 34.2 Å². The van der Waals surface area contributed by atoms with Crippen molar-refractivity contribution in [2.75, 3.05) is 0 Å². The minimum atomic E-state index is 0. The van der Waals surface area contributed by atoms with Gasteiger partial charge in [0.1, 0.15) is 0 Å². The third-order valence-electron chi connectivity index (χ3n) is 5.08. The van der Waals surface area contributed by atoms with Crippen LogP contribution in [-0.2, 0) is 51.4 Å². The molecule has 46 heavy (non-hydrogen) atoms. The summed E-state index contributed by atoms with van der Waals surface area (Å²) >= 11 is 0. The van der Waals surface area contributed by atoms with E-state index in [1.807, 2.05) is 161 Å². The summed E-state index contributed by atoms with van der Waals surface area (Å²) in [6, 6.07) is 39.7. The second-order valence-electron chi connectivity index (χ2n) is 8.64. The minimum absolute atomic E-state index is 0. The molecule has 0 aromatic heterocycles. The second kappa shape index (κ2) is 31.2. The first-order valence-electron chi connectivity index (χ1n) is 13.0. The van der Waals surface area contributed by atoms with Crippen LogP contribution in [-0.4, -0.2) is 11.4 Å². The molecule has 0 saturated heterocycles. The third-order valence-corrected chi connectivity index (χ3v) is 5.08. The number of para-hydroxylation sites is 4. The molecule has 0 N–H and O–H groups in total. The Labute approximate surface area is 305 Å². The predicted molar refractivity (Wildman–Crippen MR) is 186 cm³/mol. The molecule has 0 aliphatic heterocycles. The summed E-state index contributed by atoms with van der Waals surface area (Å²) in [5.74, 6) is 0. The average molecular weight is 975 g/mol. The maximum absolute atomic E-state index is 7.50. The van der Waals surface area contributed by atoms with E-state index in [1.54, 1.807) is 0 Å². The number of hydrogen-bond acceptors (Lipinski definition) is 2. The van der Waals surface area contributed by atoms with E-state index in [1.165, 1.54) is 0 Å². The Morgan fingerprint density at radius 1 is 0.478 bits per heavy atom. The van der Waals surface area contributed by atoms with Gasteiger partial charge in [-0.3, -0.25) is 9.98 Å². The Hall–Kier alpha value is -3.84. The zero-order valence-corrected chi connectivity index (χ0v) is 31.5. The van der Waals surface area contributed by atoms with Gasteiger partial charge in [-0.1, -0.05) is 123 Å². The zero-order valence-electron chi connectivity index (χ0n) is 26.9. The van der Waals surface area contributed by atoms with E-state index in [9.17, 15) is 0 Å². The molecule has 0 atom stereocenters. The summed E-state index contributed by atoms with van der Waals surface area (Å²) in [5, 5.41) is 9.04. The fraction of sp³-hybridized carbons (Fsp3) is 0.105. The largest absolute Gasteiger partial charge is 2.00 e. The van der Waals surface area contributed by atoms with Crippen LogP contribution < -0.4 is 0 Å². The van der Waals surface area contributed by atoms with Crippen LogP contribution in [0.1, 0.15) is 27.7 Å². The fourth-order valence-corrected chi connectivity index (χ4v) is 3.56. The summed E-state index contributed by atoms with van der Waals surface area (Å²) in [4.78, 5) is 9.04. The molecular weight excluding hydrogens is 935 g/mol. The maximum atomic E-state index is 7.50. The van der Waals surface area contributed by atoms with E-state index < -0.39 is 0 Å². The first kappa shape index (κ1) is 49.0. The standard InChI is InChI=1S/2C17H17N2.2CO.2CH3.2Pt/c2*1-14(18-16-9-5-3-6-10-16)13-15(2)19-17-11-7-4-8-12-17;2*1-2;;;;/h2*3-13H,1-2H3;;;2*1H3;;/q2*-1;;;2*-1;2*+2/b2*14-13-,19-15?;;;;;;. The van der Waals surface area contributed by atoms with E-state index in [0.717, 1.165) is 45.6 Å². The van der Waals surface area contributed by atoms with Crippen molar-refractivity contribution in [1.29, 1.82) is 0 Å². The van der Waals surface area contributed by atoms with Gasteiger partial charge in [-0.2, -0.15) is 11.4 Å². The van der Waals surface area contributed by atoms with Gasteiger partial charge in [-0.25, -0.2) is 0 Å². The molecule has 0 saturated carbocycles. The van der Waals surface area contributed by atoms with E-state index in [4.69, 9.17) is 9.30 Å². The maximum Gasteiger partial charge on any atom is 2.00 e. The number of hydrogen-bond donors (Lipinski definition) is 0. The monoisotopic (exact) mass is 974 g/mol. The van der Waals surface area contributed by atoms with Crippen molar-refractivity contribution in [1.82, 2.24) is 0 Å². The van der Waals surface area contributed by atoms with Crippen molar-refractivity contribution < 1.29 is 51.4 Å². The van der Waals surface area contributed by atoms with Gasteiger partial charge in [0.15, 0.2) is 0 Å². The third kappa shape index (κ3) is 22.6. The van der Waals surface area contributed by atoms with Gasteiger partial charge in [-0.15, -0.1) is 11.4 Å². The Bertz CT molecular complexity index is 1350. The second-order valence-corrected chi connectivity index (χ2v) is 8.64. The summed E-state index contributed by atoms with van der Waals surface area (Å²) in [5.41, 5.74) is 7.64. The Morgan fingerprint density at radius 2 is 0.717 bits per heavy atom. The zero-order chi connectivity index (χ0) is 31.0. The first-order chi connectivity index (χ1) is 20.5. The van der Waals surface area contributed by atoms with E-state index in [0.29, 0.717) is 0 Å². The minimum Gasteiger partial charge on any atom is -0.358 e. The molecule has 0 amide bonds. The van der Waals surface area contributed by atoms with E-state index >= 15 is 0 Å². The molecule has 4 rings (SSSR count). The summed E-state index contributed by atoms with van der Waals surface area (Å²) in [6.07, 6.45) is 3.97. The number of rotatable bonds is 8. The van der Waals surface area contributed by atoms with Crippen molar-refractivity contribution in [2.45, 2.75) is 27.7 Å². The van der Waals surface area contributed by atoms with Crippen molar-refractivity contribution in [3.63, 3.8) is 0 Å². The van der Waals surface area contributed by atoms with Gasteiger partial charge in [0, 0.05) is 11.4 Å². The molecule has 244 valence electrons. The van der Waals surface area contributed by atoms with Crippen LogP contribution in [0.4, 0.5) is 22.7 Å². The quantitative estimate of drug-likeness (QED) is 0.0956. The Balaban J connectivity index is -0.000000321. The summed E-state index contributed by atoms with van der Waals surface area (Å²) in [6.45, 7) is 16.9. The van der Waals surface area contributed by atoms with Crippen molar-refractivity contribution in [3.8, 4) is 0 Å². The molecule has 4 aromatic carbocycles. The Morgan fingerprint density at radius 3 is 0.978 bits per heavy atom. The van der Waals surface area contributed by atoms with Crippen LogP contribution in [0.2, 0.25) is 0 Å².